The van der Waals surface area contributed by atoms with Crippen LogP contribution in [0.25, 0.3) is 11.3 Å². The minimum atomic E-state index is 0.824. The molecule has 0 bridgehead atoms. The lowest BCUT2D eigenvalue weighted by Gasteiger charge is -2.06. The monoisotopic (exact) mass is 238 g/mol. The highest BCUT2D eigenvalue weighted by atomic mass is 15.2. The molecule has 0 radical (unpaired) electrons. The maximum Gasteiger partial charge on any atom is 0.0954 e. The Labute approximate surface area is 106 Å². The van der Waals surface area contributed by atoms with Gasteiger partial charge in [0.2, 0.25) is 0 Å². The van der Waals surface area contributed by atoms with Crippen molar-refractivity contribution in [3.63, 3.8) is 0 Å². The van der Waals surface area contributed by atoms with Crippen LogP contribution in [0.2, 0.25) is 0 Å². The summed E-state index contributed by atoms with van der Waals surface area (Å²) in [6.07, 6.45) is 7.59. The van der Waals surface area contributed by atoms with E-state index in [-0.39, 0.29) is 0 Å². The van der Waals surface area contributed by atoms with Crippen molar-refractivity contribution < 1.29 is 0 Å². The fourth-order valence-corrected chi connectivity index (χ4v) is 2.02. The maximum atomic E-state index is 4.23. The minimum Gasteiger partial charge on any atom is -0.326 e. The highest BCUT2D eigenvalue weighted by molar-refractivity contribution is 5.56. The number of hydrogen-bond donors (Lipinski definition) is 0. The normalized spacial score (nSPS) is 10.7. The third-order valence-corrected chi connectivity index (χ3v) is 2.91. The molecule has 1 aromatic carbocycles. The topological polar surface area (TPSA) is 35.6 Å². The third kappa shape index (κ3) is 2.05. The van der Waals surface area contributed by atoms with E-state index in [2.05, 4.69) is 38.9 Å². The Balaban J connectivity index is 1.93. The Morgan fingerprint density at radius 3 is 2.67 bits per heavy atom. The van der Waals surface area contributed by atoms with Gasteiger partial charge in [-0.25, -0.2) is 4.98 Å². The van der Waals surface area contributed by atoms with Crippen LogP contribution in [0.15, 0.2) is 55.2 Å². The van der Waals surface area contributed by atoms with Gasteiger partial charge in [-0.3, -0.25) is 4.68 Å². The molecule has 3 aromatic rings. The molecule has 0 N–H and O–H groups in total. The molecule has 0 saturated carbocycles. The molecule has 0 aliphatic heterocycles. The second kappa shape index (κ2) is 4.49. The van der Waals surface area contributed by atoms with Crippen molar-refractivity contribution in [2.75, 3.05) is 0 Å². The third-order valence-electron chi connectivity index (χ3n) is 2.91. The van der Waals surface area contributed by atoms with E-state index in [1.54, 1.807) is 4.68 Å². The van der Waals surface area contributed by atoms with Crippen molar-refractivity contribution in [1.82, 2.24) is 19.3 Å². The zero-order chi connectivity index (χ0) is 12.4. The lowest BCUT2D eigenvalue weighted by molar-refractivity contribution is 0.767. The van der Waals surface area contributed by atoms with Gasteiger partial charge in [-0.1, -0.05) is 30.3 Å². The SMILES string of the molecule is Cn1cc(-c2cncn2Cc2ccccc2)cn1. The summed E-state index contributed by atoms with van der Waals surface area (Å²) in [5, 5.41) is 4.20. The molecule has 0 aliphatic carbocycles. The fraction of sp³-hybridized carbons (Fsp3) is 0.143. The van der Waals surface area contributed by atoms with E-state index >= 15 is 0 Å². The predicted molar refractivity (Wildman–Crippen MR) is 70.0 cm³/mol. The van der Waals surface area contributed by atoms with Crippen molar-refractivity contribution >= 4 is 0 Å². The predicted octanol–water partition coefficient (Wildman–Crippen LogP) is 2.33. The van der Waals surface area contributed by atoms with Gasteiger partial charge in [0.1, 0.15) is 0 Å². The molecule has 4 nitrogen and oxygen atoms in total. The van der Waals surface area contributed by atoms with Crippen molar-refractivity contribution in [2.24, 2.45) is 7.05 Å². The molecule has 4 heteroatoms. The molecule has 0 aliphatic rings. The molecule has 3 rings (SSSR count). The lowest BCUT2D eigenvalue weighted by atomic mass is 10.2. The molecule has 0 saturated heterocycles. The van der Waals surface area contributed by atoms with Gasteiger partial charge in [0.05, 0.1) is 24.4 Å². The van der Waals surface area contributed by atoms with Crippen LogP contribution in [0.3, 0.4) is 0 Å². The van der Waals surface area contributed by atoms with Gasteiger partial charge >= 0.3 is 0 Å². The van der Waals surface area contributed by atoms with Gasteiger partial charge < -0.3 is 4.57 Å². The van der Waals surface area contributed by atoms with Crippen molar-refractivity contribution in [1.29, 1.82) is 0 Å². The number of imidazole rings is 1. The zero-order valence-electron chi connectivity index (χ0n) is 10.2. The summed E-state index contributed by atoms with van der Waals surface area (Å²) < 4.78 is 3.93. The van der Waals surface area contributed by atoms with Gasteiger partial charge in [-0.2, -0.15) is 5.10 Å². The van der Waals surface area contributed by atoms with Crippen LogP contribution < -0.4 is 0 Å². The first-order valence-electron chi connectivity index (χ1n) is 5.86. The van der Waals surface area contributed by atoms with Gasteiger partial charge in [0, 0.05) is 25.4 Å². The standard InChI is InChI=1S/C14H14N4/c1-17-10-13(7-16-17)14-8-15-11-18(14)9-12-5-3-2-4-6-12/h2-8,10-11H,9H2,1H3. The molecule has 0 fully saturated rings. The zero-order valence-corrected chi connectivity index (χ0v) is 10.2. The van der Waals surface area contributed by atoms with E-state index in [9.17, 15) is 0 Å². The van der Waals surface area contributed by atoms with E-state index in [4.69, 9.17) is 0 Å². The minimum absolute atomic E-state index is 0.824. The molecule has 2 aromatic heterocycles. The van der Waals surface area contributed by atoms with Crippen LogP contribution in [-0.4, -0.2) is 19.3 Å². The van der Waals surface area contributed by atoms with Crippen LogP contribution in [-0.2, 0) is 13.6 Å². The van der Waals surface area contributed by atoms with Crippen LogP contribution in [0.1, 0.15) is 5.56 Å². The summed E-state index contributed by atoms with van der Waals surface area (Å²) in [5.41, 5.74) is 3.44. The Hall–Kier alpha value is -2.36. The van der Waals surface area contributed by atoms with E-state index in [0.29, 0.717) is 0 Å². The Morgan fingerprint density at radius 1 is 1.11 bits per heavy atom. The average molecular weight is 238 g/mol. The van der Waals surface area contributed by atoms with E-state index in [1.165, 1.54) is 5.56 Å². The van der Waals surface area contributed by atoms with Crippen LogP contribution in [0.5, 0.6) is 0 Å². The Morgan fingerprint density at radius 2 is 1.94 bits per heavy atom. The van der Waals surface area contributed by atoms with Gasteiger partial charge in [0.25, 0.3) is 0 Å². The fourth-order valence-electron chi connectivity index (χ4n) is 2.02. The number of aryl methyl sites for hydroxylation is 1. The van der Waals surface area contributed by atoms with Gasteiger partial charge in [-0.15, -0.1) is 0 Å². The van der Waals surface area contributed by atoms with Crippen LogP contribution >= 0.6 is 0 Å². The van der Waals surface area contributed by atoms with Crippen molar-refractivity contribution in [3.8, 4) is 11.3 Å². The average Bonchev–Trinajstić information content (AvgIpc) is 2.99. The summed E-state index contributed by atoms with van der Waals surface area (Å²) >= 11 is 0. The number of rotatable bonds is 3. The highest BCUT2D eigenvalue weighted by Gasteiger charge is 2.07. The van der Waals surface area contributed by atoms with Crippen LogP contribution in [0, 0.1) is 0 Å². The molecule has 0 atom stereocenters. The number of hydrogen-bond acceptors (Lipinski definition) is 2. The van der Waals surface area contributed by atoms with Crippen molar-refractivity contribution in [3.05, 3.63) is 60.8 Å². The van der Waals surface area contributed by atoms with Gasteiger partial charge in [0.15, 0.2) is 0 Å². The summed E-state index contributed by atoms with van der Waals surface area (Å²) in [5.74, 6) is 0. The smallest absolute Gasteiger partial charge is 0.0954 e. The summed E-state index contributed by atoms with van der Waals surface area (Å²) in [7, 11) is 1.92. The first-order chi connectivity index (χ1) is 8.83. The van der Waals surface area contributed by atoms with Gasteiger partial charge in [-0.05, 0) is 5.56 Å². The molecule has 0 unspecified atom stereocenters. The van der Waals surface area contributed by atoms with Crippen LogP contribution in [0.4, 0.5) is 0 Å². The molecule has 2 heterocycles. The first-order valence-corrected chi connectivity index (χ1v) is 5.86. The number of benzene rings is 1. The quantitative estimate of drug-likeness (QED) is 0.702. The second-order valence-corrected chi connectivity index (χ2v) is 4.30. The summed E-state index contributed by atoms with van der Waals surface area (Å²) in [4.78, 5) is 4.23. The summed E-state index contributed by atoms with van der Waals surface area (Å²) in [6.45, 7) is 0.824. The highest BCUT2D eigenvalue weighted by Crippen LogP contribution is 2.18. The molecular formula is C14H14N4. The summed E-state index contributed by atoms with van der Waals surface area (Å²) in [6, 6.07) is 10.4. The molecule has 90 valence electrons. The second-order valence-electron chi connectivity index (χ2n) is 4.30. The number of nitrogens with zero attached hydrogens (tertiary/aromatic N) is 4. The number of aromatic nitrogens is 4. The largest absolute Gasteiger partial charge is 0.326 e. The lowest BCUT2D eigenvalue weighted by Crippen LogP contribution is -1.99. The van der Waals surface area contributed by atoms with E-state index < -0.39 is 0 Å². The molecular weight excluding hydrogens is 224 g/mol. The van der Waals surface area contributed by atoms with E-state index in [1.807, 2.05) is 38.0 Å². The molecule has 0 spiro atoms. The van der Waals surface area contributed by atoms with Crippen molar-refractivity contribution in [2.45, 2.75) is 6.54 Å². The Bertz CT molecular complexity index is 637. The first kappa shape index (κ1) is 10.8. The molecule has 18 heavy (non-hydrogen) atoms. The Kier molecular flexibility index (Phi) is 2.68. The van der Waals surface area contributed by atoms with E-state index in [0.717, 1.165) is 17.8 Å². The molecule has 0 amide bonds. The maximum absolute atomic E-state index is 4.23.